The zero-order chi connectivity index (χ0) is 17.8. The van der Waals surface area contributed by atoms with E-state index in [2.05, 4.69) is 20.7 Å². The highest BCUT2D eigenvalue weighted by molar-refractivity contribution is 5.94. The van der Waals surface area contributed by atoms with Crippen molar-refractivity contribution in [2.24, 2.45) is 7.05 Å². The molecule has 2 heterocycles. The first-order chi connectivity index (χ1) is 12.1. The molecule has 1 aliphatic heterocycles. The summed E-state index contributed by atoms with van der Waals surface area (Å²) in [6, 6.07) is 7.54. The molecule has 26 heavy (non-hydrogen) atoms. The number of carbonyl (C=O) groups excluding carboxylic acids is 1. The molecule has 1 aliphatic rings. The molecule has 1 atom stereocenters. The zero-order valence-corrected chi connectivity index (χ0v) is 16.2. The molecule has 0 spiro atoms. The molecule has 0 aliphatic carbocycles. The van der Waals surface area contributed by atoms with Gasteiger partial charge in [0.25, 0.3) is 0 Å². The molecule has 1 saturated heterocycles. The van der Waals surface area contributed by atoms with Crippen LogP contribution in [0.4, 0.5) is 5.95 Å². The lowest BCUT2D eigenvalue weighted by molar-refractivity contribution is -0.117. The van der Waals surface area contributed by atoms with E-state index in [-0.39, 0.29) is 24.2 Å². The van der Waals surface area contributed by atoms with E-state index in [1.165, 1.54) is 0 Å². The fraction of sp³-hybridized carbons (Fsp3) is 0.500. The first kappa shape index (κ1) is 20.2. The number of amides is 1. The second-order valence-electron chi connectivity index (χ2n) is 6.43. The number of anilines is 1. The Hall–Kier alpha value is -2.12. The largest absolute Gasteiger partial charge is 0.497 e. The van der Waals surface area contributed by atoms with Crippen LogP contribution in [0.15, 0.2) is 24.3 Å². The average molecular weight is 380 g/mol. The van der Waals surface area contributed by atoms with Gasteiger partial charge in [-0.05, 0) is 50.6 Å². The van der Waals surface area contributed by atoms with E-state index in [1.54, 1.807) is 11.8 Å². The topological polar surface area (TPSA) is 81.1 Å². The van der Waals surface area contributed by atoms with Crippen LogP contribution in [0.3, 0.4) is 0 Å². The van der Waals surface area contributed by atoms with Crippen LogP contribution in [0, 0.1) is 0 Å². The number of methoxy groups -OCH3 is 1. The van der Waals surface area contributed by atoms with Crippen LogP contribution in [0.2, 0.25) is 0 Å². The molecule has 1 aromatic carbocycles. The number of halogens is 1. The Labute approximate surface area is 159 Å². The smallest absolute Gasteiger partial charge is 0.233 e. The molecule has 7 nitrogen and oxygen atoms in total. The molecule has 0 saturated carbocycles. The second kappa shape index (κ2) is 9.00. The summed E-state index contributed by atoms with van der Waals surface area (Å²) in [5.41, 5.74) is 0.901. The van der Waals surface area contributed by atoms with E-state index >= 15 is 0 Å². The molecular formula is C18H26ClN5O2. The van der Waals surface area contributed by atoms with Crippen LogP contribution in [0.25, 0.3) is 0 Å². The van der Waals surface area contributed by atoms with Crippen LogP contribution in [0.5, 0.6) is 5.75 Å². The normalized spacial score (nSPS) is 15.8. The fourth-order valence-electron chi connectivity index (χ4n) is 3.05. The Kier molecular flexibility index (Phi) is 6.99. The third kappa shape index (κ3) is 4.53. The number of nitrogens with zero attached hydrogens (tertiary/aromatic N) is 3. The number of hydrogen-bond donors (Lipinski definition) is 2. The molecule has 8 heteroatoms. The number of ether oxygens (including phenoxy) is 1. The minimum absolute atomic E-state index is 0. The van der Waals surface area contributed by atoms with Crippen LogP contribution < -0.4 is 15.4 Å². The number of nitrogens with one attached hydrogen (secondary N) is 2. The lowest BCUT2D eigenvalue weighted by Gasteiger charge is -2.19. The van der Waals surface area contributed by atoms with E-state index in [0.29, 0.717) is 11.9 Å². The van der Waals surface area contributed by atoms with Crippen molar-refractivity contribution in [1.82, 2.24) is 20.1 Å². The maximum Gasteiger partial charge on any atom is 0.233 e. The molecule has 0 radical (unpaired) electrons. The van der Waals surface area contributed by atoms with Crippen molar-refractivity contribution in [1.29, 1.82) is 0 Å². The van der Waals surface area contributed by atoms with Crippen molar-refractivity contribution < 1.29 is 9.53 Å². The van der Waals surface area contributed by atoms with Crippen molar-refractivity contribution in [3.63, 3.8) is 0 Å². The number of aryl methyl sites for hydroxylation is 1. The molecule has 2 N–H and O–H groups in total. The maximum atomic E-state index is 12.6. The van der Waals surface area contributed by atoms with Gasteiger partial charge in [0.1, 0.15) is 5.75 Å². The van der Waals surface area contributed by atoms with Gasteiger partial charge >= 0.3 is 0 Å². The van der Waals surface area contributed by atoms with E-state index in [9.17, 15) is 4.79 Å². The Morgan fingerprint density at radius 2 is 2.12 bits per heavy atom. The molecule has 1 amide bonds. The van der Waals surface area contributed by atoms with Crippen molar-refractivity contribution in [2.75, 3.05) is 25.5 Å². The van der Waals surface area contributed by atoms with Gasteiger partial charge in [-0.3, -0.25) is 10.1 Å². The third-order valence-electron chi connectivity index (χ3n) is 4.71. The number of benzene rings is 1. The third-order valence-corrected chi connectivity index (χ3v) is 4.71. The number of piperidine rings is 1. The number of aromatic nitrogens is 3. The van der Waals surface area contributed by atoms with E-state index < -0.39 is 0 Å². The minimum atomic E-state index is -0.311. The molecule has 142 valence electrons. The summed E-state index contributed by atoms with van der Waals surface area (Å²) >= 11 is 0. The van der Waals surface area contributed by atoms with Gasteiger partial charge in [-0.25, -0.2) is 4.68 Å². The summed E-state index contributed by atoms with van der Waals surface area (Å²) in [6.45, 7) is 3.84. The zero-order valence-electron chi connectivity index (χ0n) is 15.4. The first-order valence-electron chi connectivity index (χ1n) is 8.65. The second-order valence-corrected chi connectivity index (χ2v) is 6.43. The minimum Gasteiger partial charge on any atom is -0.497 e. The van der Waals surface area contributed by atoms with Crippen LogP contribution in [-0.4, -0.2) is 40.9 Å². The van der Waals surface area contributed by atoms with Gasteiger partial charge in [-0.15, -0.1) is 12.4 Å². The van der Waals surface area contributed by atoms with Gasteiger partial charge in [0.2, 0.25) is 11.9 Å². The lowest BCUT2D eigenvalue weighted by atomic mass is 9.98. The van der Waals surface area contributed by atoms with Gasteiger partial charge in [0.05, 0.1) is 13.0 Å². The molecule has 2 aromatic rings. The molecule has 0 bridgehead atoms. The first-order valence-corrected chi connectivity index (χ1v) is 8.65. The molecular weight excluding hydrogens is 354 g/mol. The number of carbonyl (C=O) groups is 1. The standard InChI is InChI=1S/C18H25N5O2.ClH/c1-12(14-5-4-6-15(11-14)25-3)17(24)21-18-20-16(22-23(18)2)13-7-9-19-10-8-13;/h4-6,11-13,19H,7-10H2,1-3H3,(H,20,21,22,24);1H. The average Bonchev–Trinajstić information content (AvgIpc) is 3.02. The maximum absolute atomic E-state index is 12.6. The van der Waals surface area contributed by atoms with E-state index in [0.717, 1.165) is 43.1 Å². The predicted octanol–water partition coefficient (Wildman–Crippen LogP) is 2.45. The van der Waals surface area contributed by atoms with Crippen molar-refractivity contribution in [3.05, 3.63) is 35.7 Å². The summed E-state index contributed by atoms with van der Waals surface area (Å²) in [5.74, 6) is 1.98. The Morgan fingerprint density at radius 1 is 1.38 bits per heavy atom. The van der Waals surface area contributed by atoms with Crippen molar-refractivity contribution >= 4 is 24.3 Å². The van der Waals surface area contributed by atoms with Crippen LogP contribution in [0.1, 0.15) is 43.0 Å². The van der Waals surface area contributed by atoms with Gasteiger partial charge in [-0.1, -0.05) is 12.1 Å². The Bertz CT molecular complexity index is 743. The van der Waals surface area contributed by atoms with E-state index in [4.69, 9.17) is 4.74 Å². The molecule has 1 aromatic heterocycles. The van der Waals surface area contributed by atoms with Crippen LogP contribution >= 0.6 is 12.4 Å². The summed E-state index contributed by atoms with van der Waals surface area (Å²) in [6.07, 6.45) is 2.05. The monoisotopic (exact) mass is 379 g/mol. The molecule has 3 rings (SSSR count). The van der Waals surface area contributed by atoms with Crippen molar-refractivity contribution in [3.8, 4) is 5.75 Å². The summed E-state index contributed by atoms with van der Waals surface area (Å²) in [5, 5.41) is 10.7. The molecule has 1 unspecified atom stereocenters. The van der Waals surface area contributed by atoms with Gasteiger partial charge in [0.15, 0.2) is 5.82 Å². The lowest BCUT2D eigenvalue weighted by Crippen LogP contribution is -2.27. The Balaban J connectivity index is 0.00000243. The van der Waals surface area contributed by atoms with Gasteiger partial charge in [-0.2, -0.15) is 10.1 Å². The van der Waals surface area contributed by atoms with Crippen LogP contribution in [-0.2, 0) is 11.8 Å². The van der Waals surface area contributed by atoms with Gasteiger partial charge < -0.3 is 10.1 Å². The number of hydrogen-bond acceptors (Lipinski definition) is 5. The quantitative estimate of drug-likeness (QED) is 0.834. The summed E-state index contributed by atoms with van der Waals surface area (Å²) < 4.78 is 6.88. The highest BCUT2D eigenvalue weighted by Gasteiger charge is 2.23. The molecule has 1 fully saturated rings. The van der Waals surface area contributed by atoms with Gasteiger partial charge in [0, 0.05) is 13.0 Å². The summed E-state index contributed by atoms with van der Waals surface area (Å²) in [4.78, 5) is 17.2. The SMILES string of the molecule is COc1cccc(C(C)C(=O)Nc2nc(C3CCNCC3)nn2C)c1.Cl. The van der Waals surface area contributed by atoms with Crippen molar-refractivity contribution in [2.45, 2.75) is 31.6 Å². The fourth-order valence-corrected chi connectivity index (χ4v) is 3.05. The predicted molar refractivity (Wildman–Crippen MR) is 103 cm³/mol. The summed E-state index contributed by atoms with van der Waals surface area (Å²) in [7, 11) is 3.43. The number of rotatable bonds is 5. The highest BCUT2D eigenvalue weighted by atomic mass is 35.5. The Morgan fingerprint density at radius 3 is 2.81 bits per heavy atom. The highest BCUT2D eigenvalue weighted by Crippen LogP contribution is 2.25. The van der Waals surface area contributed by atoms with E-state index in [1.807, 2.05) is 38.2 Å².